The normalized spacial score (nSPS) is 24.9. The average Bonchev–Trinajstić information content (AvgIpc) is 3.45. The number of likely N-dealkylation sites (tertiary alicyclic amines) is 2. The monoisotopic (exact) mass is 383 g/mol. The molecule has 0 saturated carbocycles. The number of hydrogen-bond acceptors (Lipinski definition) is 6. The van der Waals surface area contributed by atoms with Crippen molar-refractivity contribution in [2.45, 2.75) is 44.6 Å². The fourth-order valence-electron chi connectivity index (χ4n) is 5.17. The minimum atomic E-state index is 0.205. The van der Waals surface area contributed by atoms with Gasteiger partial charge in [0.1, 0.15) is 11.8 Å². The first-order valence-corrected chi connectivity index (χ1v) is 10.7. The molecule has 150 valence electrons. The molecule has 8 nitrogen and oxygen atoms in total. The van der Waals surface area contributed by atoms with E-state index in [4.69, 9.17) is 0 Å². The number of piperidine rings is 2. The lowest BCUT2D eigenvalue weighted by molar-refractivity contribution is -0.136. The number of anilines is 1. The number of rotatable bonds is 3. The van der Waals surface area contributed by atoms with E-state index in [-0.39, 0.29) is 5.92 Å². The standard InChI is InChI=1S/C20H29N7O/c28-20(26-7-1-2-8-26)15-4-3-9-27(12-15)16-5-10-25(11-6-16)19-17-18(22-13-21-17)23-14-24-19/h13-16H,1-12H2,(H,21,22,23,24). The van der Waals surface area contributed by atoms with Gasteiger partial charge in [0.05, 0.1) is 12.2 Å². The predicted molar refractivity (Wildman–Crippen MR) is 107 cm³/mol. The van der Waals surface area contributed by atoms with E-state index in [1.165, 1.54) is 12.8 Å². The highest BCUT2D eigenvalue weighted by Gasteiger charge is 2.34. The SMILES string of the molecule is O=C(C1CCCN(C2CCN(c3ncnc4nc[nH]c34)CC2)C1)N1CCCC1. The molecule has 3 aliphatic rings. The highest BCUT2D eigenvalue weighted by molar-refractivity contribution is 5.82. The smallest absolute Gasteiger partial charge is 0.226 e. The molecule has 0 aromatic carbocycles. The molecule has 1 N–H and O–H groups in total. The Morgan fingerprint density at radius 3 is 2.61 bits per heavy atom. The Morgan fingerprint density at radius 2 is 1.79 bits per heavy atom. The van der Waals surface area contributed by atoms with Crippen molar-refractivity contribution in [2.75, 3.05) is 44.2 Å². The van der Waals surface area contributed by atoms with E-state index in [1.807, 2.05) is 0 Å². The number of aromatic nitrogens is 4. The van der Waals surface area contributed by atoms with Crippen LogP contribution in [0.25, 0.3) is 11.2 Å². The van der Waals surface area contributed by atoms with Gasteiger partial charge in [0, 0.05) is 38.8 Å². The number of nitrogens with zero attached hydrogens (tertiary/aromatic N) is 6. The zero-order chi connectivity index (χ0) is 18.9. The molecule has 8 heteroatoms. The Hall–Kier alpha value is -2.22. The van der Waals surface area contributed by atoms with Crippen molar-refractivity contribution in [2.24, 2.45) is 5.92 Å². The number of nitrogens with one attached hydrogen (secondary N) is 1. The molecule has 0 bridgehead atoms. The van der Waals surface area contributed by atoms with Gasteiger partial charge in [0.25, 0.3) is 0 Å². The number of imidazole rings is 1. The number of carbonyl (C=O) groups is 1. The average molecular weight is 384 g/mol. The Bertz CT molecular complexity index is 823. The van der Waals surface area contributed by atoms with E-state index in [1.54, 1.807) is 12.7 Å². The Kier molecular flexibility index (Phi) is 4.88. The Morgan fingerprint density at radius 1 is 0.964 bits per heavy atom. The highest BCUT2D eigenvalue weighted by Crippen LogP contribution is 2.28. The van der Waals surface area contributed by atoms with Crippen LogP contribution in [0.1, 0.15) is 38.5 Å². The summed E-state index contributed by atoms with van der Waals surface area (Å²) in [6.07, 6.45) is 10.1. The maximum absolute atomic E-state index is 12.8. The van der Waals surface area contributed by atoms with Gasteiger partial charge >= 0.3 is 0 Å². The first kappa shape index (κ1) is 17.8. The van der Waals surface area contributed by atoms with Crippen molar-refractivity contribution in [3.63, 3.8) is 0 Å². The van der Waals surface area contributed by atoms with Crippen LogP contribution < -0.4 is 4.90 Å². The van der Waals surface area contributed by atoms with Crippen molar-refractivity contribution in [1.29, 1.82) is 0 Å². The van der Waals surface area contributed by atoms with Crippen molar-refractivity contribution >= 4 is 22.9 Å². The zero-order valence-electron chi connectivity index (χ0n) is 16.4. The van der Waals surface area contributed by atoms with E-state index in [0.29, 0.717) is 11.9 Å². The first-order valence-electron chi connectivity index (χ1n) is 10.7. The molecule has 2 aromatic rings. The van der Waals surface area contributed by atoms with E-state index in [9.17, 15) is 4.79 Å². The van der Waals surface area contributed by atoms with Crippen molar-refractivity contribution in [3.05, 3.63) is 12.7 Å². The van der Waals surface area contributed by atoms with Crippen LogP contribution in [0.15, 0.2) is 12.7 Å². The summed E-state index contributed by atoms with van der Waals surface area (Å²) in [5.41, 5.74) is 1.65. The van der Waals surface area contributed by atoms with Gasteiger partial charge in [0.2, 0.25) is 5.91 Å². The molecule has 5 heterocycles. The molecular weight excluding hydrogens is 354 g/mol. The van der Waals surface area contributed by atoms with Crippen LogP contribution in [0.5, 0.6) is 0 Å². The molecule has 1 unspecified atom stereocenters. The van der Waals surface area contributed by atoms with Gasteiger partial charge in [-0.3, -0.25) is 9.69 Å². The van der Waals surface area contributed by atoms with Gasteiger partial charge in [0.15, 0.2) is 11.5 Å². The molecule has 1 amide bonds. The number of H-pyrrole nitrogens is 1. The van der Waals surface area contributed by atoms with Gasteiger partial charge in [-0.1, -0.05) is 0 Å². The second kappa shape index (κ2) is 7.66. The fraction of sp³-hybridized carbons (Fsp3) is 0.700. The van der Waals surface area contributed by atoms with Crippen LogP contribution in [0, 0.1) is 5.92 Å². The molecule has 0 aliphatic carbocycles. The van der Waals surface area contributed by atoms with Crippen molar-refractivity contribution in [1.82, 2.24) is 29.7 Å². The number of hydrogen-bond donors (Lipinski definition) is 1. The fourth-order valence-corrected chi connectivity index (χ4v) is 5.17. The Labute approximate surface area is 165 Å². The second-order valence-corrected chi connectivity index (χ2v) is 8.38. The summed E-state index contributed by atoms with van der Waals surface area (Å²) in [5.74, 6) is 1.57. The van der Waals surface area contributed by atoms with Crippen molar-refractivity contribution in [3.8, 4) is 0 Å². The third kappa shape index (κ3) is 3.34. The van der Waals surface area contributed by atoms with Crippen molar-refractivity contribution < 1.29 is 4.79 Å². The number of amides is 1. The van der Waals surface area contributed by atoms with Crippen LogP contribution in [0.4, 0.5) is 5.82 Å². The Balaban J connectivity index is 1.20. The summed E-state index contributed by atoms with van der Waals surface area (Å²) in [5, 5.41) is 0. The second-order valence-electron chi connectivity index (χ2n) is 8.38. The molecule has 28 heavy (non-hydrogen) atoms. The summed E-state index contributed by atoms with van der Waals surface area (Å²) in [4.78, 5) is 36.0. The van der Waals surface area contributed by atoms with E-state index >= 15 is 0 Å². The number of aromatic amines is 1. The topological polar surface area (TPSA) is 81.2 Å². The highest BCUT2D eigenvalue weighted by atomic mass is 16.2. The molecule has 3 saturated heterocycles. The summed E-state index contributed by atoms with van der Waals surface area (Å²) in [6, 6.07) is 0.574. The summed E-state index contributed by atoms with van der Waals surface area (Å²) in [7, 11) is 0. The quantitative estimate of drug-likeness (QED) is 0.868. The molecule has 3 aliphatic heterocycles. The van der Waals surface area contributed by atoms with Gasteiger partial charge < -0.3 is 14.8 Å². The predicted octanol–water partition coefficient (Wildman–Crippen LogP) is 1.66. The third-order valence-electron chi connectivity index (χ3n) is 6.70. The van der Waals surface area contributed by atoms with Gasteiger partial charge in [-0.2, -0.15) is 0 Å². The van der Waals surface area contributed by atoms with Crippen LogP contribution in [0.3, 0.4) is 0 Å². The van der Waals surface area contributed by atoms with E-state index < -0.39 is 0 Å². The molecule has 5 rings (SSSR count). The first-order chi connectivity index (χ1) is 13.8. The lowest BCUT2D eigenvalue weighted by Gasteiger charge is -2.42. The minimum absolute atomic E-state index is 0.205. The van der Waals surface area contributed by atoms with Crippen LogP contribution in [0.2, 0.25) is 0 Å². The molecule has 0 spiro atoms. The molecular formula is C20H29N7O. The molecule has 1 atom stereocenters. The van der Waals surface area contributed by atoms with Gasteiger partial charge in [-0.05, 0) is 45.1 Å². The number of carbonyl (C=O) groups excluding carboxylic acids is 1. The summed E-state index contributed by atoms with van der Waals surface area (Å²) < 4.78 is 0. The van der Waals surface area contributed by atoms with E-state index in [0.717, 1.165) is 81.9 Å². The maximum atomic E-state index is 12.8. The summed E-state index contributed by atoms with van der Waals surface area (Å²) in [6.45, 7) is 5.97. The van der Waals surface area contributed by atoms with Gasteiger partial charge in [-0.25, -0.2) is 15.0 Å². The van der Waals surface area contributed by atoms with Crippen LogP contribution in [-0.4, -0.2) is 81.0 Å². The number of fused-ring (bicyclic) bond motifs is 1. The maximum Gasteiger partial charge on any atom is 0.226 e. The van der Waals surface area contributed by atoms with Crippen LogP contribution in [-0.2, 0) is 4.79 Å². The molecule has 2 aromatic heterocycles. The molecule has 3 fully saturated rings. The van der Waals surface area contributed by atoms with Crippen LogP contribution >= 0.6 is 0 Å². The largest absolute Gasteiger partial charge is 0.355 e. The third-order valence-corrected chi connectivity index (χ3v) is 6.70. The minimum Gasteiger partial charge on any atom is -0.355 e. The zero-order valence-corrected chi connectivity index (χ0v) is 16.4. The van der Waals surface area contributed by atoms with E-state index in [2.05, 4.69) is 34.6 Å². The summed E-state index contributed by atoms with van der Waals surface area (Å²) >= 11 is 0. The van der Waals surface area contributed by atoms with Gasteiger partial charge in [-0.15, -0.1) is 0 Å². The lowest BCUT2D eigenvalue weighted by atomic mass is 9.93. The lowest BCUT2D eigenvalue weighted by Crippen LogP contribution is -2.51. The molecule has 0 radical (unpaired) electrons.